The molecule has 1 fully saturated rings. The summed E-state index contributed by atoms with van der Waals surface area (Å²) in [7, 11) is -2.34. The predicted octanol–water partition coefficient (Wildman–Crippen LogP) is 0.926. The van der Waals surface area contributed by atoms with Crippen LogP contribution in [-0.4, -0.2) is 57.6 Å². The number of amides is 2. The Bertz CT molecular complexity index is 961. The third-order valence-electron chi connectivity index (χ3n) is 4.47. The number of hydrogen-bond donors (Lipinski definition) is 2. The molecule has 162 valence electrons. The monoisotopic (exact) mass is 453 g/mol. The minimum absolute atomic E-state index is 0.0961. The summed E-state index contributed by atoms with van der Waals surface area (Å²) >= 11 is 1.47. The fraction of sp³-hybridized carbons (Fsp3) is 0.368. The van der Waals surface area contributed by atoms with Crippen LogP contribution in [0.2, 0.25) is 0 Å². The topological polar surface area (TPSA) is 114 Å². The van der Waals surface area contributed by atoms with Crippen LogP contribution >= 0.6 is 11.3 Å². The van der Waals surface area contributed by atoms with E-state index in [0.29, 0.717) is 18.8 Å². The molecule has 1 aromatic heterocycles. The van der Waals surface area contributed by atoms with Crippen molar-refractivity contribution in [2.75, 3.05) is 26.8 Å². The number of methoxy groups -OCH3 is 1. The molecule has 2 heterocycles. The molecule has 0 bridgehead atoms. The molecule has 0 unspecified atom stereocenters. The minimum Gasteiger partial charge on any atom is -0.497 e. The van der Waals surface area contributed by atoms with Gasteiger partial charge in [-0.1, -0.05) is 6.07 Å². The lowest BCUT2D eigenvalue weighted by molar-refractivity contribution is -0.140. The van der Waals surface area contributed by atoms with E-state index in [4.69, 9.17) is 9.47 Å². The average molecular weight is 454 g/mol. The maximum absolute atomic E-state index is 13.0. The fourth-order valence-corrected chi connectivity index (χ4v) is 5.12. The van der Waals surface area contributed by atoms with E-state index in [1.165, 1.54) is 34.9 Å². The molecule has 1 aliphatic rings. The first-order chi connectivity index (χ1) is 14.4. The van der Waals surface area contributed by atoms with Gasteiger partial charge in [0, 0.05) is 11.4 Å². The Morgan fingerprint density at radius 1 is 1.20 bits per heavy atom. The Morgan fingerprint density at radius 3 is 2.60 bits per heavy atom. The van der Waals surface area contributed by atoms with E-state index < -0.39 is 28.1 Å². The largest absolute Gasteiger partial charge is 0.497 e. The summed E-state index contributed by atoms with van der Waals surface area (Å²) < 4.78 is 37.9. The van der Waals surface area contributed by atoms with Gasteiger partial charge in [0.2, 0.25) is 10.0 Å². The second kappa shape index (κ2) is 10.0. The summed E-state index contributed by atoms with van der Waals surface area (Å²) in [4.78, 5) is 25.1. The summed E-state index contributed by atoms with van der Waals surface area (Å²) in [6, 6.07) is 9.73. The van der Waals surface area contributed by atoms with Crippen LogP contribution in [0.3, 0.4) is 0 Å². The van der Waals surface area contributed by atoms with Crippen LogP contribution in [0.4, 0.5) is 0 Å². The van der Waals surface area contributed by atoms with Crippen molar-refractivity contribution in [3.8, 4) is 5.75 Å². The number of benzene rings is 1. The van der Waals surface area contributed by atoms with Crippen molar-refractivity contribution in [1.29, 1.82) is 0 Å². The van der Waals surface area contributed by atoms with E-state index in [-0.39, 0.29) is 24.5 Å². The van der Waals surface area contributed by atoms with Gasteiger partial charge in [-0.25, -0.2) is 8.42 Å². The number of ether oxygens (including phenoxy) is 2. The highest BCUT2D eigenvalue weighted by Gasteiger charge is 2.35. The van der Waals surface area contributed by atoms with Crippen molar-refractivity contribution in [3.05, 3.63) is 46.7 Å². The van der Waals surface area contributed by atoms with Gasteiger partial charge in [0.25, 0.3) is 0 Å². The smallest absolute Gasteiger partial charge is 0.309 e. The molecule has 0 radical (unpaired) electrons. The molecule has 30 heavy (non-hydrogen) atoms. The number of sulfonamides is 1. The molecule has 0 saturated carbocycles. The predicted molar refractivity (Wildman–Crippen MR) is 110 cm³/mol. The number of nitrogens with zero attached hydrogens (tertiary/aromatic N) is 1. The van der Waals surface area contributed by atoms with Crippen LogP contribution in [0.25, 0.3) is 0 Å². The van der Waals surface area contributed by atoms with Gasteiger partial charge in [0.15, 0.2) is 0 Å². The highest BCUT2D eigenvalue weighted by molar-refractivity contribution is 7.89. The number of hydrogen-bond acceptors (Lipinski definition) is 7. The van der Waals surface area contributed by atoms with E-state index in [1.54, 1.807) is 12.1 Å². The molecular weight excluding hydrogens is 430 g/mol. The zero-order valence-electron chi connectivity index (χ0n) is 16.4. The lowest BCUT2D eigenvalue weighted by Gasteiger charge is -2.34. The van der Waals surface area contributed by atoms with E-state index in [1.807, 2.05) is 17.5 Å². The maximum Gasteiger partial charge on any atom is 0.309 e. The molecule has 2 aromatic rings. The first-order valence-corrected chi connectivity index (χ1v) is 11.6. The minimum atomic E-state index is -3.84. The number of thiophene rings is 1. The number of rotatable bonds is 7. The SMILES string of the molecule is COc1ccc(S(=O)(=O)N2CCCO[C@H]2CNC(=O)C(=O)NCc2cccs2)cc1. The van der Waals surface area contributed by atoms with Gasteiger partial charge in [-0.2, -0.15) is 4.31 Å². The van der Waals surface area contributed by atoms with Crippen molar-refractivity contribution in [2.24, 2.45) is 0 Å². The van der Waals surface area contributed by atoms with E-state index in [9.17, 15) is 18.0 Å². The fourth-order valence-electron chi connectivity index (χ4n) is 2.91. The Balaban J connectivity index is 1.60. The van der Waals surface area contributed by atoms with Crippen LogP contribution in [0, 0.1) is 0 Å². The average Bonchev–Trinajstić information content (AvgIpc) is 3.29. The normalized spacial score (nSPS) is 17.3. The van der Waals surface area contributed by atoms with Crippen molar-refractivity contribution in [2.45, 2.75) is 24.1 Å². The Kier molecular flexibility index (Phi) is 7.43. The highest BCUT2D eigenvalue weighted by atomic mass is 32.2. The first kappa shape index (κ1) is 22.2. The Hall–Kier alpha value is -2.47. The zero-order chi connectivity index (χ0) is 21.6. The molecule has 3 rings (SSSR count). The molecule has 1 aliphatic heterocycles. The van der Waals surface area contributed by atoms with Gasteiger partial charge in [-0.15, -0.1) is 11.3 Å². The van der Waals surface area contributed by atoms with E-state index in [0.717, 1.165) is 4.88 Å². The molecule has 1 atom stereocenters. The van der Waals surface area contributed by atoms with E-state index >= 15 is 0 Å². The van der Waals surface area contributed by atoms with Gasteiger partial charge in [-0.05, 0) is 42.1 Å². The second-order valence-electron chi connectivity index (χ2n) is 6.44. The van der Waals surface area contributed by atoms with Gasteiger partial charge in [0.1, 0.15) is 12.0 Å². The van der Waals surface area contributed by atoms with Gasteiger partial charge in [0.05, 0.1) is 31.7 Å². The molecule has 11 heteroatoms. The summed E-state index contributed by atoms with van der Waals surface area (Å²) in [6.07, 6.45) is -0.374. The van der Waals surface area contributed by atoms with Crippen molar-refractivity contribution in [1.82, 2.24) is 14.9 Å². The standard InChI is InChI=1S/C19H23N3O6S2/c1-27-14-5-7-16(8-6-14)30(25,26)22-9-3-10-28-17(22)13-21-19(24)18(23)20-12-15-4-2-11-29-15/h2,4-8,11,17H,3,9-10,12-13H2,1H3,(H,20,23)(H,21,24)/t17-/m0/s1. The Labute approximate surface area is 179 Å². The number of carbonyl (C=O) groups excluding carboxylic acids is 2. The zero-order valence-corrected chi connectivity index (χ0v) is 18.0. The highest BCUT2D eigenvalue weighted by Crippen LogP contribution is 2.23. The van der Waals surface area contributed by atoms with Gasteiger partial charge in [-0.3, -0.25) is 9.59 Å². The summed E-state index contributed by atoms with van der Waals surface area (Å²) in [6.45, 7) is 0.724. The van der Waals surface area contributed by atoms with Crippen molar-refractivity contribution < 1.29 is 27.5 Å². The first-order valence-electron chi connectivity index (χ1n) is 9.27. The van der Waals surface area contributed by atoms with Crippen LogP contribution in [0.5, 0.6) is 5.75 Å². The molecule has 2 amide bonds. The molecular formula is C19H23N3O6S2. The summed E-state index contributed by atoms with van der Waals surface area (Å²) in [5.41, 5.74) is 0. The van der Waals surface area contributed by atoms with Gasteiger partial charge >= 0.3 is 11.8 Å². The molecule has 9 nitrogen and oxygen atoms in total. The lowest BCUT2D eigenvalue weighted by atomic mass is 10.3. The third kappa shape index (κ3) is 5.36. The molecule has 0 aliphatic carbocycles. The summed E-state index contributed by atoms with van der Waals surface area (Å²) in [5, 5.41) is 6.86. The van der Waals surface area contributed by atoms with Crippen molar-refractivity contribution in [3.63, 3.8) is 0 Å². The summed E-state index contributed by atoms with van der Waals surface area (Å²) in [5.74, 6) is -1.09. The Morgan fingerprint density at radius 2 is 1.93 bits per heavy atom. The number of nitrogens with one attached hydrogen (secondary N) is 2. The van der Waals surface area contributed by atoms with Crippen LogP contribution in [0.1, 0.15) is 11.3 Å². The van der Waals surface area contributed by atoms with Crippen LogP contribution in [0.15, 0.2) is 46.7 Å². The lowest BCUT2D eigenvalue weighted by Crippen LogP contribution is -2.53. The number of carbonyl (C=O) groups is 2. The molecule has 0 spiro atoms. The van der Waals surface area contributed by atoms with Crippen LogP contribution in [-0.2, 0) is 30.9 Å². The van der Waals surface area contributed by atoms with Crippen molar-refractivity contribution >= 4 is 33.2 Å². The van der Waals surface area contributed by atoms with Crippen LogP contribution < -0.4 is 15.4 Å². The van der Waals surface area contributed by atoms with E-state index in [2.05, 4.69) is 10.6 Å². The third-order valence-corrected chi connectivity index (χ3v) is 7.25. The quantitative estimate of drug-likeness (QED) is 0.603. The molecule has 2 N–H and O–H groups in total. The molecule has 1 aromatic carbocycles. The van der Waals surface area contributed by atoms with Gasteiger partial charge < -0.3 is 20.1 Å². The molecule has 1 saturated heterocycles. The maximum atomic E-state index is 13.0. The second-order valence-corrected chi connectivity index (χ2v) is 9.37.